The number of imidazole rings is 1. The summed E-state index contributed by atoms with van der Waals surface area (Å²) < 4.78 is 2.05. The highest BCUT2D eigenvalue weighted by Crippen LogP contribution is 2.35. The number of halogens is 1. The van der Waals surface area contributed by atoms with Crippen molar-refractivity contribution in [3.05, 3.63) is 23.2 Å². The lowest BCUT2D eigenvalue weighted by atomic mass is 10.0. The van der Waals surface area contributed by atoms with Crippen molar-refractivity contribution in [3.63, 3.8) is 0 Å². The number of aliphatic carboxylic acids is 1. The first-order chi connectivity index (χ1) is 9.36. The molecule has 20 heavy (non-hydrogen) atoms. The summed E-state index contributed by atoms with van der Waals surface area (Å²) in [5.74, 6) is -0.866. The zero-order chi connectivity index (χ0) is 14.9. The molecule has 2 rings (SSSR count). The average Bonchev–Trinajstić information content (AvgIpc) is 2.77. The number of carboxylic acid groups (broad SMARTS) is 1. The lowest BCUT2D eigenvalue weighted by Crippen LogP contribution is -2.26. The third-order valence-corrected chi connectivity index (χ3v) is 4.62. The first kappa shape index (κ1) is 15.2. The predicted molar refractivity (Wildman–Crippen MR) is 82.7 cm³/mol. The van der Waals surface area contributed by atoms with Crippen LogP contribution in [0.3, 0.4) is 0 Å². The van der Waals surface area contributed by atoms with Crippen LogP contribution in [0.2, 0.25) is 5.02 Å². The number of nitrogens with zero attached hydrogens (tertiary/aromatic N) is 2. The Bertz CT molecular complexity index is 652. The highest BCUT2D eigenvalue weighted by Gasteiger charge is 2.26. The number of para-hydroxylation sites is 1. The van der Waals surface area contributed by atoms with Gasteiger partial charge in [0.1, 0.15) is 0 Å². The molecule has 0 fully saturated rings. The molecule has 0 radical (unpaired) electrons. The van der Waals surface area contributed by atoms with Crippen molar-refractivity contribution in [3.8, 4) is 0 Å². The Morgan fingerprint density at radius 2 is 2.20 bits per heavy atom. The van der Waals surface area contributed by atoms with Crippen molar-refractivity contribution in [1.82, 2.24) is 9.55 Å². The molecule has 0 saturated carbocycles. The topological polar surface area (TPSA) is 55.1 Å². The predicted octanol–water partition coefficient (Wildman–Crippen LogP) is 4.01. The van der Waals surface area contributed by atoms with Gasteiger partial charge < -0.3 is 9.67 Å². The van der Waals surface area contributed by atoms with Gasteiger partial charge in [0.25, 0.3) is 0 Å². The number of carbonyl (C=O) groups is 1. The van der Waals surface area contributed by atoms with Crippen LogP contribution in [0.15, 0.2) is 23.4 Å². The van der Waals surface area contributed by atoms with Crippen LogP contribution in [0.4, 0.5) is 0 Å². The normalized spacial score (nSPS) is 12.0. The fourth-order valence-electron chi connectivity index (χ4n) is 2.01. The highest BCUT2D eigenvalue weighted by atomic mass is 35.5. The summed E-state index contributed by atoms with van der Waals surface area (Å²) in [6, 6.07) is 5.58. The number of carboxylic acids is 1. The zero-order valence-electron chi connectivity index (χ0n) is 11.7. The molecule has 0 aliphatic rings. The Hall–Kier alpha value is -1.20. The largest absolute Gasteiger partial charge is 0.481 e. The van der Waals surface area contributed by atoms with Crippen LogP contribution < -0.4 is 0 Å². The summed E-state index contributed by atoms with van der Waals surface area (Å²) in [6.07, 6.45) is 0.893. The zero-order valence-corrected chi connectivity index (χ0v) is 13.3. The Labute approximate surface area is 127 Å². The van der Waals surface area contributed by atoms with E-state index in [-0.39, 0.29) is 11.3 Å². The van der Waals surface area contributed by atoms with Gasteiger partial charge in [-0.3, -0.25) is 4.79 Å². The SMILES string of the molecule is CCC(C)(C)n1c(SCC(=O)O)nc2cccc(Cl)c21. The summed E-state index contributed by atoms with van der Waals surface area (Å²) in [4.78, 5) is 15.3. The van der Waals surface area contributed by atoms with Crippen molar-refractivity contribution < 1.29 is 9.90 Å². The molecule has 1 N–H and O–H groups in total. The molecule has 0 aliphatic carbocycles. The number of hydrogen-bond acceptors (Lipinski definition) is 3. The van der Waals surface area contributed by atoms with Gasteiger partial charge in [-0.2, -0.15) is 0 Å². The maximum absolute atomic E-state index is 10.8. The first-order valence-corrected chi connectivity index (χ1v) is 7.75. The quantitative estimate of drug-likeness (QED) is 0.847. The van der Waals surface area contributed by atoms with Crippen LogP contribution in [0, 0.1) is 0 Å². The number of hydrogen-bond donors (Lipinski definition) is 1. The van der Waals surface area contributed by atoms with E-state index in [1.165, 1.54) is 11.8 Å². The maximum Gasteiger partial charge on any atom is 0.313 e. The number of aromatic nitrogens is 2. The third-order valence-electron chi connectivity index (χ3n) is 3.39. The van der Waals surface area contributed by atoms with Crippen LogP contribution in [0.1, 0.15) is 27.2 Å². The van der Waals surface area contributed by atoms with Gasteiger partial charge in [0.05, 0.1) is 21.8 Å². The fraction of sp³-hybridized carbons (Fsp3) is 0.429. The smallest absolute Gasteiger partial charge is 0.313 e. The molecule has 6 heteroatoms. The molecule has 2 aromatic rings. The molecule has 0 saturated heterocycles. The molecular formula is C14H17ClN2O2S. The molecule has 1 aromatic carbocycles. The number of thioether (sulfide) groups is 1. The van der Waals surface area contributed by atoms with Crippen LogP contribution in [-0.2, 0) is 10.3 Å². The Kier molecular flexibility index (Phi) is 4.30. The van der Waals surface area contributed by atoms with E-state index in [9.17, 15) is 4.79 Å². The van der Waals surface area contributed by atoms with Gasteiger partial charge in [-0.25, -0.2) is 4.98 Å². The van der Waals surface area contributed by atoms with Crippen molar-refractivity contribution in [2.24, 2.45) is 0 Å². The molecule has 1 heterocycles. The molecule has 0 unspecified atom stereocenters. The van der Waals surface area contributed by atoms with E-state index in [0.717, 1.165) is 17.5 Å². The first-order valence-electron chi connectivity index (χ1n) is 6.39. The molecule has 108 valence electrons. The van der Waals surface area contributed by atoms with E-state index in [1.807, 2.05) is 18.2 Å². The van der Waals surface area contributed by atoms with Gasteiger partial charge in [-0.05, 0) is 32.4 Å². The number of fused-ring (bicyclic) bond motifs is 1. The van der Waals surface area contributed by atoms with Crippen molar-refractivity contribution in [2.45, 2.75) is 37.9 Å². The van der Waals surface area contributed by atoms with Gasteiger partial charge >= 0.3 is 5.97 Å². The summed E-state index contributed by atoms with van der Waals surface area (Å²) >= 11 is 7.54. The summed E-state index contributed by atoms with van der Waals surface area (Å²) in [7, 11) is 0. The summed E-state index contributed by atoms with van der Waals surface area (Å²) in [5.41, 5.74) is 1.49. The molecular weight excluding hydrogens is 296 g/mol. The third kappa shape index (κ3) is 2.79. The summed E-state index contributed by atoms with van der Waals surface area (Å²) in [6.45, 7) is 6.29. The molecule has 0 bridgehead atoms. The Morgan fingerprint density at radius 3 is 2.80 bits per heavy atom. The van der Waals surface area contributed by atoms with E-state index < -0.39 is 5.97 Å². The van der Waals surface area contributed by atoms with E-state index in [4.69, 9.17) is 16.7 Å². The van der Waals surface area contributed by atoms with Crippen molar-refractivity contribution in [1.29, 1.82) is 0 Å². The van der Waals surface area contributed by atoms with Gasteiger partial charge in [-0.1, -0.05) is 36.4 Å². The number of rotatable bonds is 5. The van der Waals surface area contributed by atoms with Gasteiger partial charge in [-0.15, -0.1) is 0 Å². The van der Waals surface area contributed by atoms with Crippen molar-refractivity contribution in [2.75, 3.05) is 5.75 Å². The minimum atomic E-state index is -0.853. The second-order valence-corrected chi connectivity index (χ2v) is 6.54. The second-order valence-electron chi connectivity index (χ2n) is 5.19. The van der Waals surface area contributed by atoms with Crippen LogP contribution in [-0.4, -0.2) is 26.4 Å². The highest BCUT2D eigenvalue weighted by molar-refractivity contribution is 7.99. The van der Waals surface area contributed by atoms with Crippen LogP contribution in [0.5, 0.6) is 0 Å². The molecule has 0 aliphatic heterocycles. The molecule has 1 aromatic heterocycles. The molecule has 0 amide bonds. The lowest BCUT2D eigenvalue weighted by Gasteiger charge is -2.28. The van der Waals surface area contributed by atoms with Crippen LogP contribution in [0.25, 0.3) is 11.0 Å². The van der Waals surface area contributed by atoms with E-state index >= 15 is 0 Å². The monoisotopic (exact) mass is 312 g/mol. The van der Waals surface area contributed by atoms with Gasteiger partial charge in [0.15, 0.2) is 5.16 Å². The van der Waals surface area contributed by atoms with Gasteiger partial charge in [0, 0.05) is 5.54 Å². The van der Waals surface area contributed by atoms with E-state index in [2.05, 4.69) is 30.3 Å². The minimum absolute atomic E-state index is 0.0132. The summed E-state index contributed by atoms with van der Waals surface area (Å²) in [5, 5.41) is 10.2. The standard InChI is InChI=1S/C14H17ClN2O2S/c1-4-14(2,3)17-12-9(15)6-5-7-10(12)16-13(17)20-8-11(18)19/h5-7H,4,8H2,1-3H3,(H,18,19). The maximum atomic E-state index is 10.8. The minimum Gasteiger partial charge on any atom is -0.481 e. The number of benzene rings is 1. The van der Waals surface area contributed by atoms with Crippen molar-refractivity contribution >= 4 is 40.4 Å². The Morgan fingerprint density at radius 1 is 1.50 bits per heavy atom. The Balaban J connectivity index is 2.64. The lowest BCUT2D eigenvalue weighted by molar-refractivity contribution is -0.133. The fourth-order valence-corrected chi connectivity index (χ4v) is 3.14. The van der Waals surface area contributed by atoms with E-state index in [0.29, 0.717) is 10.2 Å². The van der Waals surface area contributed by atoms with Gasteiger partial charge in [0.2, 0.25) is 0 Å². The van der Waals surface area contributed by atoms with Crippen LogP contribution >= 0.6 is 23.4 Å². The average molecular weight is 313 g/mol. The second kappa shape index (κ2) is 5.66. The van der Waals surface area contributed by atoms with E-state index in [1.54, 1.807) is 0 Å². The molecule has 0 spiro atoms. The molecule has 4 nitrogen and oxygen atoms in total. The molecule has 0 atom stereocenters.